The van der Waals surface area contributed by atoms with Crippen molar-refractivity contribution in [2.75, 3.05) is 0 Å². The Morgan fingerprint density at radius 2 is 1.88 bits per heavy atom. The molecule has 0 bridgehead atoms. The number of rotatable bonds is 6. The Labute approximate surface area is 196 Å². The number of amides is 1. The highest BCUT2D eigenvalue weighted by molar-refractivity contribution is 7.93. The quantitative estimate of drug-likeness (QED) is 0.431. The summed E-state index contributed by atoms with van der Waals surface area (Å²) in [5, 5.41) is 8.66. The van der Waals surface area contributed by atoms with Gasteiger partial charge in [-0.3, -0.25) is 4.79 Å². The van der Waals surface area contributed by atoms with Crippen LogP contribution in [0.2, 0.25) is 0 Å². The van der Waals surface area contributed by atoms with Gasteiger partial charge in [0.2, 0.25) is 0 Å². The Morgan fingerprint density at radius 3 is 2.62 bits per heavy atom. The Hall–Kier alpha value is -3.78. The van der Waals surface area contributed by atoms with Crippen molar-refractivity contribution in [1.29, 1.82) is 0 Å². The van der Waals surface area contributed by atoms with Crippen LogP contribution in [0, 0.1) is 12.7 Å². The highest BCUT2D eigenvalue weighted by atomic mass is 32.2. The minimum atomic E-state index is -3.85. The second kappa shape index (κ2) is 8.53. The number of carbonyl (C=O) groups excluding carboxylic acids is 1. The SMILES string of the molecule is Cc1c(F)cc(C(=O)NC2CC2)cc1-c1ccc2c(cnn2S(=O)(=O)C=Cc2ccccc2)c1. The summed E-state index contributed by atoms with van der Waals surface area (Å²) in [6, 6.07) is 17.3. The predicted octanol–water partition coefficient (Wildman–Crippen LogP) is 4.89. The van der Waals surface area contributed by atoms with Crippen molar-refractivity contribution in [3.05, 3.63) is 94.8 Å². The smallest absolute Gasteiger partial charge is 0.276 e. The standard InChI is InChI=1S/C26H22FN3O3S/c1-17-23(14-20(15-24(17)27)26(31)29-22-8-9-22)19-7-10-25-21(13-19)16-28-30(25)34(32,33)12-11-18-5-3-2-4-6-18/h2-7,10-16,22H,8-9H2,1H3,(H,29,31). The number of benzene rings is 3. The van der Waals surface area contributed by atoms with Crippen LogP contribution < -0.4 is 5.32 Å². The van der Waals surface area contributed by atoms with Crippen molar-refractivity contribution < 1.29 is 17.6 Å². The minimum absolute atomic E-state index is 0.167. The first-order chi connectivity index (χ1) is 16.3. The predicted molar refractivity (Wildman–Crippen MR) is 130 cm³/mol. The van der Waals surface area contributed by atoms with Gasteiger partial charge in [-0.25, -0.2) is 4.39 Å². The lowest BCUT2D eigenvalue weighted by Gasteiger charge is -2.11. The number of hydrogen-bond donors (Lipinski definition) is 1. The third kappa shape index (κ3) is 4.36. The van der Waals surface area contributed by atoms with Crippen LogP contribution in [0.5, 0.6) is 0 Å². The maximum atomic E-state index is 14.7. The van der Waals surface area contributed by atoms with Crippen molar-refractivity contribution in [2.45, 2.75) is 25.8 Å². The lowest BCUT2D eigenvalue weighted by Crippen LogP contribution is -2.25. The molecule has 1 heterocycles. The number of fused-ring (bicyclic) bond motifs is 1. The third-order valence-electron chi connectivity index (χ3n) is 5.84. The van der Waals surface area contributed by atoms with Gasteiger partial charge < -0.3 is 5.32 Å². The van der Waals surface area contributed by atoms with Crippen molar-refractivity contribution in [3.63, 3.8) is 0 Å². The molecule has 8 heteroatoms. The Kier molecular flexibility index (Phi) is 5.53. The molecule has 1 aromatic heterocycles. The van der Waals surface area contributed by atoms with Crippen LogP contribution >= 0.6 is 0 Å². The maximum Gasteiger partial charge on any atom is 0.276 e. The number of carbonyl (C=O) groups is 1. The average Bonchev–Trinajstić information content (AvgIpc) is 3.54. The van der Waals surface area contributed by atoms with E-state index in [-0.39, 0.29) is 17.5 Å². The molecule has 6 nitrogen and oxygen atoms in total. The molecule has 0 radical (unpaired) electrons. The van der Waals surface area contributed by atoms with Crippen LogP contribution in [-0.2, 0) is 10.0 Å². The third-order valence-corrected chi connectivity index (χ3v) is 7.09. The van der Waals surface area contributed by atoms with Crippen LogP contribution in [0.1, 0.15) is 34.3 Å². The first kappa shape index (κ1) is 22.0. The van der Waals surface area contributed by atoms with E-state index >= 15 is 0 Å². The van der Waals surface area contributed by atoms with E-state index in [9.17, 15) is 17.6 Å². The molecule has 34 heavy (non-hydrogen) atoms. The molecule has 1 fully saturated rings. The van der Waals surface area contributed by atoms with E-state index in [4.69, 9.17) is 0 Å². The molecule has 0 unspecified atom stereocenters. The summed E-state index contributed by atoms with van der Waals surface area (Å²) >= 11 is 0. The van der Waals surface area contributed by atoms with Crippen LogP contribution in [-0.4, -0.2) is 29.6 Å². The second-order valence-corrected chi connectivity index (χ2v) is 10.0. The fraction of sp³-hybridized carbons (Fsp3) is 0.154. The molecule has 1 amide bonds. The van der Waals surface area contributed by atoms with Crippen molar-refractivity contribution in [3.8, 4) is 11.1 Å². The molecular weight excluding hydrogens is 453 g/mol. The molecule has 5 rings (SSSR count). The summed E-state index contributed by atoms with van der Waals surface area (Å²) in [5.41, 5.74) is 3.07. The molecule has 0 atom stereocenters. The number of nitrogens with zero attached hydrogens (tertiary/aromatic N) is 2. The Balaban J connectivity index is 1.50. The molecular formula is C26H22FN3O3S. The molecule has 1 aliphatic rings. The zero-order chi connectivity index (χ0) is 23.9. The van der Waals surface area contributed by atoms with Gasteiger partial charge in [-0.1, -0.05) is 36.4 Å². The zero-order valence-electron chi connectivity index (χ0n) is 18.4. The summed E-state index contributed by atoms with van der Waals surface area (Å²) < 4.78 is 41.4. The number of hydrogen-bond acceptors (Lipinski definition) is 4. The van der Waals surface area contributed by atoms with Crippen LogP contribution in [0.15, 0.2) is 72.3 Å². The van der Waals surface area contributed by atoms with E-state index in [2.05, 4.69) is 10.4 Å². The van der Waals surface area contributed by atoms with Crippen LogP contribution in [0.25, 0.3) is 28.1 Å². The number of nitrogens with one attached hydrogen (secondary N) is 1. The zero-order valence-corrected chi connectivity index (χ0v) is 19.2. The Bertz CT molecular complexity index is 1540. The van der Waals surface area contributed by atoms with Gasteiger partial charge in [0.15, 0.2) is 0 Å². The minimum Gasteiger partial charge on any atom is -0.349 e. The molecule has 0 spiro atoms. The van der Waals surface area contributed by atoms with Crippen molar-refractivity contribution >= 4 is 32.9 Å². The highest BCUT2D eigenvalue weighted by Gasteiger charge is 2.25. The van der Waals surface area contributed by atoms with Gasteiger partial charge in [0.25, 0.3) is 15.9 Å². The van der Waals surface area contributed by atoms with Crippen molar-refractivity contribution in [1.82, 2.24) is 14.5 Å². The van der Waals surface area contributed by atoms with E-state index in [0.717, 1.165) is 27.9 Å². The number of halogens is 1. The van der Waals surface area contributed by atoms with Crippen LogP contribution in [0.4, 0.5) is 4.39 Å². The maximum absolute atomic E-state index is 14.7. The summed E-state index contributed by atoms with van der Waals surface area (Å²) in [7, 11) is -3.85. The first-order valence-corrected chi connectivity index (χ1v) is 12.4. The average molecular weight is 476 g/mol. The summed E-state index contributed by atoms with van der Waals surface area (Å²) in [4.78, 5) is 12.5. The van der Waals surface area contributed by atoms with E-state index in [1.165, 1.54) is 18.3 Å². The largest absolute Gasteiger partial charge is 0.349 e. The summed E-state index contributed by atoms with van der Waals surface area (Å²) in [6.45, 7) is 1.65. The van der Waals surface area contributed by atoms with Gasteiger partial charge in [0.05, 0.1) is 17.1 Å². The molecule has 1 saturated carbocycles. The van der Waals surface area contributed by atoms with Gasteiger partial charge in [0.1, 0.15) is 5.82 Å². The number of aromatic nitrogens is 2. The normalized spacial score (nSPS) is 14.1. The topological polar surface area (TPSA) is 81.1 Å². The summed E-state index contributed by atoms with van der Waals surface area (Å²) in [6.07, 6.45) is 4.86. The van der Waals surface area contributed by atoms with Gasteiger partial charge in [-0.2, -0.15) is 17.6 Å². The molecule has 1 aliphatic carbocycles. The molecule has 0 saturated heterocycles. The highest BCUT2D eigenvalue weighted by Crippen LogP contribution is 2.30. The second-order valence-electron chi connectivity index (χ2n) is 8.40. The van der Waals surface area contributed by atoms with Crippen LogP contribution in [0.3, 0.4) is 0 Å². The van der Waals surface area contributed by atoms with Gasteiger partial charge >= 0.3 is 0 Å². The fourth-order valence-electron chi connectivity index (χ4n) is 3.77. The molecule has 1 N–H and O–H groups in total. The van der Waals surface area contributed by atoms with Gasteiger partial charge in [-0.05, 0) is 72.4 Å². The molecule has 0 aliphatic heterocycles. The molecule has 3 aromatic carbocycles. The van der Waals surface area contributed by atoms with Crippen molar-refractivity contribution in [2.24, 2.45) is 0 Å². The van der Waals surface area contributed by atoms with E-state index in [1.54, 1.807) is 43.3 Å². The summed E-state index contributed by atoms with van der Waals surface area (Å²) in [5.74, 6) is -0.768. The monoisotopic (exact) mass is 475 g/mol. The lowest BCUT2D eigenvalue weighted by atomic mass is 9.96. The van der Waals surface area contributed by atoms with Gasteiger partial charge in [0, 0.05) is 17.0 Å². The van der Waals surface area contributed by atoms with E-state index in [1.807, 2.05) is 18.2 Å². The van der Waals surface area contributed by atoms with Gasteiger partial charge in [-0.15, -0.1) is 0 Å². The first-order valence-electron chi connectivity index (χ1n) is 10.9. The Morgan fingerprint density at radius 1 is 1.12 bits per heavy atom. The lowest BCUT2D eigenvalue weighted by molar-refractivity contribution is 0.0950. The van der Waals surface area contributed by atoms with E-state index in [0.29, 0.717) is 27.6 Å². The van der Waals surface area contributed by atoms with E-state index < -0.39 is 15.8 Å². The molecule has 172 valence electrons. The molecule has 4 aromatic rings. The fourth-order valence-corrected chi connectivity index (χ4v) is 4.84.